The van der Waals surface area contributed by atoms with Crippen LogP contribution in [0.3, 0.4) is 0 Å². The predicted octanol–water partition coefficient (Wildman–Crippen LogP) is 2.18. The topological polar surface area (TPSA) is 96.6 Å². The molecule has 162 valence electrons. The van der Waals surface area contributed by atoms with Crippen molar-refractivity contribution in [2.24, 2.45) is 11.8 Å². The number of rotatable bonds is 7. The molecule has 1 amide bonds. The van der Waals surface area contributed by atoms with E-state index in [9.17, 15) is 13.2 Å². The molecule has 9 heteroatoms. The Kier molecular flexibility index (Phi) is 6.24. The number of carbonyl (C=O) groups excluding carboxylic acids is 1. The van der Waals surface area contributed by atoms with Gasteiger partial charge in [0.15, 0.2) is 5.82 Å². The van der Waals surface area contributed by atoms with Crippen molar-refractivity contribution in [1.82, 2.24) is 19.3 Å². The lowest BCUT2D eigenvalue weighted by Gasteiger charge is -2.39. The van der Waals surface area contributed by atoms with Gasteiger partial charge in [0.05, 0.1) is 6.26 Å². The summed E-state index contributed by atoms with van der Waals surface area (Å²) in [5.41, 5.74) is 0. The second-order valence-electron chi connectivity index (χ2n) is 9.04. The molecule has 0 atom stereocenters. The van der Waals surface area contributed by atoms with Gasteiger partial charge in [-0.2, -0.15) is 4.98 Å². The van der Waals surface area contributed by atoms with Crippen molar-refractivity contribution in [2.75, 3.05) is 32.4 Å². The maximum atomic E-state index is 12.3. The van der Waals surface area contributed by atoms with E-state index in [-0.39, 0.29) is 11.8 Å². The minimum Gasteiger partial charge on any atom is -0.342 e. The van der Waals surface area contributed by atoms with Crippen LogP contribution in [0.4, 0.5) is 0 Å². The molecule has 0 bridgehead atoms. The summed E-state index contributed by atoms with van der Waals surface area (Å²) in [6.45, 7) is 2.59. The highest BCUT2D eigenvalue weighted by Gasteiger charge is 2.33. The molecule has 1 saturated carbocycles. The Morgan fingerprint density at radius 3 is 2.45 bits per heavy atom. The van der Waals surface area contributed by atoms with Gasteiger partial charge in [0, 0.05) is 50.9 Å². The van der Waals surface area contributed by atoms with Gasteiger partial charge in [-0.1, -0.05) is 30.8 Å². The summed E-state index contributed by atoms with van der Waals surface area (Å²) in [6.07, 6.45) is 10.4. The molecular weight excluding hydrogens is 392 g/mol. The lowest BCUT2D eigenvalue weighted by atomic mass is 9.94. The van der Waals surface area contributed by atoms with Crippen LogP contribution in [0.2, 0.25) is 0 Å². The van der Waals surface area contributed by atoms with Gasteiger partial charge in [0.25, 0.3) is 0 Å². The number of carbonyl (C=O) groups is 1. The van der Waals surface area contributed by atoms with Crippen molar-refractivity contribution in [3.05, 3.63) is 11.7 Å². The molecule has 0 radical (unpaired) electrons. The standard InChI is InChI=1S/C20H32N4O4S/c1-29(26,27)24-10-8-17(9-11-24)20-21-18(28-22-20)12-16-13-23(14-16)19(25)7-6-15-4-2-3-5-15/h15-17H,2-14H2,1H3. The fourth-order valence-corrected chi connectivity index (χ4v) is 5.77. The number of hydrogen-bond donors (Lipinski definition) is 0. The van der Waals surface area contributed by atoms with Crippen LogP contribution < -0.4 is 0 Å². The fourth-order valence-electron chi connectivity index (χ4n) is 4.90. The number of nitrogens with zero attached hydrogens (tertiary/aromatic N) is 4. The molecule has 3 fully saturated rings. The third-order valence-corrected chi connectivity index (χ3v) is 8.09. The van der Waals surface area contributed by atoms with Crippen LogP contribution in [0.15, 0.2) is 4.52 Å². The van der Waals surface area contributed by atoms with Crippen LogP contribution in [-0.2, 0) is 21.2 Å². The zero-order valence-electron chi connectivity index (χ0n) is 17.3. The Morgan fingerprint density at radius 1 is 1.10 bits per heavy atom. The molecule has 2 saturated heterocycles. The smallest absolute Gasteiger partial charge is 0.227 e. The van der Waals surface area contributed by atoms with Crippen molar-refractivity contribution >= 4 is 15.9 Å². The van der Waals surface area contributed by atoms with Gasteiger partial charge in [-0.15, -0.1) is 0 Å². The third-order valence-electron chi connectivity index (χ3n) is 6.79. The Hall–Kier alpha value is -1.48. The van der Waals surface area contributed by atoms with Crippen molar-refractivity contribution in [1.29, 1.82) is 0 Å². The van der Waals surface area contributed by atoms with E-state index >= 15 is 0 Å². The molecule has 0 spiro atoms. The van der Waals surface area contributed by atoms with E-state index in [1.54, 1.807) is 0 Å². The van der Waals surface area contributed by atoms with Crippen molar-refractivity contribution in [3.8, 4) is 0 Å². The van der Waals surface area contributed by atoms with Gasteiger partial charge < -0.3 is 9.42 Å². The summed E-state index contributed by atoms with van der Waals surface area (Å²) >= 11 is 0. The van der Waals surface area contributed by atoms with Crippen LogP contribution >= 0.6 is 0 Å². The van der Waals surface area contributed by atoms with E-state index in [1.807, 2.05) is 4.90 Å². The summed E-state index contributed by atoms with van der Waals surface area (Å²) in [7, 11) is -3.12. The van der Waals surface area contributed by atoms with Gasteiger partial charge in [0.1, 0.15) is 0 Å². The first-order chi connectivity index (χ1) is 13.9. The second kappa shape index (κ2) is 8.71. The van der Waals surface area contributed by atoms with Crippen LogP contribution in [0.1, 0.15) is 69.0 Å². The van der Waals surface area contributed by atoms with Gasteiger partial charge in [0.2, 0.25) is 21.8 Å². The summed E-state index contributed by atoms with van der Waals surface area (Å²) in [5.74, 6) is 2.92. The molecule has 0 unspecified atom stereocenters. The molecule has 2 aliphatic heterocycles. The lowest BCUT2D eigenvalue weighted by molar-refractivity contribution is -0.137. The summed E-state index contributed by atoms with van der Waals surface area (Å²) < 4.78 is 30.2. The first kappa shape index (κ1) is 20.8. The van der Waals surface area contributed by atoms with Gasteiger partial charge >= 0.3 is 0 Å². The normalized spacial score (nSPS) is 22.9. The number of amides is 1. The molecule has 8 nitrogen and oxygen atoms in total. The first-order valence-electron chi connectivity index (χ1n) is 10.9. The maximum absolute atomic E-state index is 12.3. The number of piperidine rings is 1. The Bertz CT molecular complexity index is 804. The number of hydrogen-bond acceptors (Lipinski definition) is 6. The van der Waals surface area contributed by atoms with Crippen LogP contribution in [-0.4, -0.2) is 66.1 Å². The van der Waals surface area contributed by atoms with E-state index in [1.165, 1.54) is 36.2 Å². The van der Waals surface area contributed by atoms with E-state index in [4.69, 9.17) is 4.52 Å². The molecule has 0 N–H and O–H groups in total. The fraction of sp³-hybridized carbons (Fsp3) is 0.850. The summed E-state index contributed by atoms with van der Waals surface area (Å²) in [5, 5.41) is 4.13. The van der Waals surface area contributed by atoms with Crippen LogP contribution in [0.25, 0.3) is 0 Å². The highest BCUT2D eigenvalue weighted by molar-refractivity contribution is 7.88. The quantitative estimate of drug-likeness (QED) is 0.666. The lowest BCUT2D eigenvalue weighted by Crippen LogP contribution is -2.50. The number of aromatic nitrogens is 2. The third kappa shape index (κ3) is 5.17. The second-order valence-corrected chi connectivity index (χ2v) is 11.0. The molecule has 3 aliphatic rings. The number of likely N-dealkylation sites (tertiary alicyclic amines) is 1. The van der Waals surface area contributed by atoms with Crippen molar-refractivity contribution < 1.29 is 17.7 Å². The molecule has 0 aromatic carbocycles. The predicted molar refractivity (Wildman–Crippen MR) is 108 cm³/mol. The van der Waals surface area contributed by atoms with Gasteiger partial charge in [-0.25, -0.2) is 12.7 Å². The minimum atomic E-state index is -3.12. The molecular formula is C20H32N4O4S. The largest absolute Gasteiger partial charge is 0.342 e. The Labute approximate surface area is 173 Å². The summed E-state index contributed by atoms with van der Waals surface area (Å²) in [6, 6.07) is 0. The molecule has 1 aromatic heterocycles. The average molecular weight is 425 g/mol. The van der Waals surface area contributed by atoms with Gasteiger partial charge in [-0.05, 0) is 25.2 Å². The highest BCUT2D eigenvalue weighted by atomic mass is 32.2. The Balaban J connectivity index is 1.18. The first-order valence-corrected chi connectivity index (χ1v) is 12.8. The molecule has 4 rings (SSSR count). The zero-order chi connectivity index (χ0) is 20.4. The minimum absolute atomic E-state index is 0.153. The molecule has 1 aliphatic carbocycles. The van der Waals surface area contributed by atoms with Crippen molar-refractivity contribution in [2.45, 2.75) is 63.7 Å². The van der Waals surface area contributed by atoms with E-state index in [0.717, 1.165) is 38.3 Å². The maximum Gasteiger partial charge on any atom is 0.227 e. The van der Waals surface area contributed by atoms with Crippen molar-refractivity contribution in [3.63, 3.8) is 0 Å². The highest BCUT2D eigenvalue weighted by Crippen LogP contribution is 2.30. The van der Waals surface area contributed by atoms with Crippen LogP contribution in [0.5, 0.6) is 0 Å². The van der Waals surface area contributed by atoms with Crippen LogP contribution in [0, 0.1) is 11.8 Å². The SMILES string of the molecule is CS(=O)(=O)N1CCC(c2noc(CC3CN(C(=O)CCC4CCCC4)C3)n2)CC1. The molecule has 3 heterocycles. The average Bonchev–Trinajstić information content (AvgIpc) is 3.33. The number of sulfonamides is 1. The van der Waals surface area contributed by atoms with E-state index in [2.05, 4.69) is 10.1 Å². The monoisotopic (exact) mass is 424 g/mol. The van der Waals surface area contributed by atoms with E-state index < -0.39 is 10.0 Å². The Morgan fingerprint density at radius 2 is 1.79 bits per heavy atom. The van der Waals surface area contributed by atoms with E-state index in [0.29, 0.717) is 43.6 Å². The summed E-state index contributed by atoms with van der Waals surface area (Å²) in [4.78, 5) is 18.8. The zero-order valence-corrected chi connectivity index (χ0v) is 18.1. The van der Waals surface area contributed by atoms with Gasteiger partial charge in [-0.3, -0.25) is 4.79 Å². The molecule has 29 heavy (non-hydrogen) atoms. The molecule has 1 aromatic rings.